The molecule has 2 aromatic carbocycles. The first kappa shape index (κ1) is 15.7. The molecule has 0 unspecified atom stereocenters. The molecule has 0 spiro atoms. The first-order chi connectivity index (χ1) is 9.83. The number of hydrogen-bond donors (Lipinski definition) is 1. The number of nitrogens with one attached hydrogen (secondary N) is 1. The Kier molecular flexibility index (Phi) is 4.48. The van der Waals surface area contributed by atoms with Gasteiger partial charge in [-0.3, -0.25) is 4.72 Å². The Hall–Kier alpha value is -1.67. The van der Waals surface area contributed by atoms with Gasteiger partial charge >= 0.3 is 0 Å². The molecule has 0 bridgehead atoms. The van der Waals surface area contributed by atoms with Crippen molar-refractivity contribution in [3.8, 4) is 5.75 Å². The number of benzene rings is 2. The maximum atomic E-state index is 13.5. The number of rotatable bonds is 4. The number of hydrogen-bond acceptors (Lipinski definition) is 3. The van der Waals surface area contributed by atoms with Crippen molar-refractivity contribution < 1.29 is 21.9 Å². The van der Waals surface area contributed by atoms with Gasteiger partial charge < -0.3 is 4.74 Å². The lowest BCUT2D eigenvalue weighted by molar-refractivity contribution is 0.411. The second-order valence-corrected chi connectivity index (χ2v) is 6.56. The van der Waals surface area contributed by atoms with Crippen LogP contribution in [0.15, 0.2) is 45.8 Å². The second kappa shape index (κ2) is 5.98. The molecule has 4 nitrogen and oxygen atoms in total. The third-order valence-electron chi connectivity index (χ3n) is 2.61. The molecule has 0 aliphatic rings. The van der Waals surface area contributed by atoms with E-state index in [2.05, 4.69) is 20.7 Å². The van der Waals surface area contributed by atoms with E-state index in [9.17, 15) is 17.2 Å². The number of ether oxygens (including phenoxy) is 1. The summed E-state index contributed by atoms with van der Waals surface area (Å²) >= 11 is 3.17. The molecular formula is C13H10BrF2NO3S. The molecule has 2 aromatic rings. The van der Waals surface area contributed by atoms with Crippen molar-refractivity contribution in [2.75, 3.05) is 11.8 Å². The summed E-state index contributed by atoms with van der Waals surface area (Å²) in [6, 6.07) is 6.67. The average Bonchev–Trinajstić information content (AvgIpc) is 2.42. The molecule has 0 amide bonds. The van der Waals surface area contributed by atoms with E-state index in [-0.39, 0.29) is 10.6 Å². The van der Waals surface area contributed by atoms with Crippen LogP contribution in [-0.2, 0) is 10.0 Å². The van der Waals surface area contributed by atoms with Gasteiger partial charge in [-0.25, -0.2) is 17.2 Å². The topological polar surface area (TPSA) is 55.4 Å². The van der Waals surface area contributed by atoms with E-state index in [1.165, 1.54) is 25.3 Å². The highest BCUT2D eigenvalue weighted by Crippen LogP contribution is 2.28. The summed E-state index contributed by atoms with van der Waals surface area (Å²) in [4.78, 5) is -0.0844. The number of halogens is 3. The fourth-order valence-corrected chi connectivity index (χ4v) is 3.38. The quantitative estimate of drug-likeness (QED) is 0.886. The Bertz CT molecular complexity index is 781. The number of methoxy groups -OCH3 is 1. The van der Waals surface area contributed by atoms with Gasteiger partial charge in [0.25, 0.3) is 10.0 Å². The van der Waals surface area contributed by atoms with Gasteiger partial charge in [-0.1, -0.05) is 0 Å². The summed E-state index contributed by atoms with van der Waals surface area (Å²) in [6.45, 7) is 0. The van der Waals surface area contributed by atoms with Gasteiger partial charge in [0.05, 0.1) is 22.2 Å². The molecule has 1 N–H and O–H groups in total. The molecule has 0 aliphatic heterocycles. The van der Waals surface area contributed by atoms with Crippen LogP contribution in [0.3, 0.4) is 0 Å². The molecule has 0 saturated heterocycles. The average molecular weight is 378 g/mol. The minimum absolute atomic E-state index is 0.0844. The van der Waals surface area contributed by atoms with E-state index in [1.54, 1.807) is 0 Å². The summed E-state index contributed by atoms with van der Waals surface area (Å²) in [5.74, 6) is -1.32. The van der Waals surface area contributed by atoms with Crippen LogP contribution in [0.5, 0.6) is 5.75 Å². The summed E-state index contributed by atoms with van der Waals surface area (Å²) in [7, 11) is -2.55. The summed E-state index contributed by atoms with van der Waals surface area (Å²) in [5.41, 5.74) is -0.330. The summed E-state index contributed by atoms with van der Waals surface area (Å²) in [5, 5.41) is 0. The molecule has 112 valence electrons. The zero-order valence-corrected chi connectivity index (χ0v) is 13.1. The van der Waals surface area contributed by atoms with Crippen LogP contribution in [0.2, 0.25) is 0 Å². The van der Waals surface area contributed by atoms with E-state index in [0.29, 0.717) is 16.3 Å². The van der Waals surface area contributed by atoms with Crippen molar-refractivity contribution in [1.29, 1.82) is 0 Å². The monoisotopic (exact) mass is 377 g/mol. The first-order valence-electron chi connectivity index (χ1n) is 5.65. The van der Waals surface area contributed by atoms with Crippen LogP contribution in [0.1, 0.15) is 0 Å². The molecule has 0 fully saturated rings. The lowest BCUT2D eigenvalue weighted by Crippen LogP contribution is -2.14. The molecule has 0 aliphatic carbocycles. The zero-order chi connectivity index (χ0) is 15.6. The van der Waals surface area contributed by atoms with Gasteiger partial charge in [-0.2, -0.15) is 0 Å². The fourth-order valence-electron chi connectivity index (χ4n) is 1.59. The predicted molar refractivity (Wildman–Crippen MR) is 77.9 cm³/mol. The largest absolute Gasteiger partial charge is 0.496 e. The molecule has 0 saturated carbocycles. The Morgan fingerprint density at radius 3 is 2.43 bits per heavy atom. The van der Waals surface area contributed by atoms with Crippen molar-refractivity contribution in [1.82, 2.24) is 0 Å². The predicted octanol–water partition coefficient (Wildman–Crippen LogP) is 3.54. The third kappa shape index (κ3) is 3.51. The molecule has 0 heterocycles. The van der Waals surface area contributed by atoms with Gasteiger partial charge in [0, 0.05) is 6.07 Å². The molecule has 0 aromatic heterocycles. The highest BCUT2D eigenvalue weighted by molar-refractivity contribution is 9.10. The smallest absolute Gasteiger partial charge is 0.262 e. The molecular weight excluding hydrogens is 368 g/mol. The first-order valence-corrected chi connectivity index (χ1v) is 7.92. The molecule has 8 heteroatoms. The molecule has 0 atom stereocenters. The van der Waals surface area contributed by atoms with E-state index in [1.807, 2.05) is 0 Å². The maximum Gasteiger partial charge on any atom is 0.262 e. The van der Waals surface area contributed by atoms with Gasteiger partial charge in [0.15, 0.2) is 0 Å². The lowest BCUT2D eigenvalue weighted by Gasteiger charge is -2.10. The lowest BCUT2D eigenvalue weighted by atomic mass is 10.3. The van der Waals surface area contributed by atoms with Crippen molar-refractivity contribution in [2.24, 2.45) is 0 Å². The van der Waals surface area contributed by atoms with Gasteiger partial charge in [-0.15, -0.1) is 0 Å². The van der Waals surface area contributed by atoms with Gasteiger partial charge in [0.2, 0.25) is 0 Å². The Morgan fingerprint density at radius 2 is 1.86 bits per heavy atom. The van der Waals surface area contributed by atoms with Crippen molar-refractivity contribution in [3.05, 3.63) is 52.5 Å². The van der Waals surface area contributed by atoms with Crippen LogP contribution < -0.4 is 9.46 Å². The molecule has 2 rings (SSSR count). The normalized spacial score (nSPS) is 11.2. The number of sulfonamides is 1. The molecule has 21 heavy (non-hydrogen) atoms. The highest BCUT2D eigenvalue weighted by atomic mass is 79.9. The van der Waals surface area contributed by atoms with Crippen LogP contribution in [0, 0.1) is 11.6 Å². The third-order valence-corrected chi connectivity index (χ3v) is 4.59. The van der Waals surface area contributed by atoms with E-state index in [4.69, 9.17) is 4.74 Å². The summed E-state index contributed by atoms with van der Waals surface area (Å²) in [6.07, 6.45) is 0. The van der Waals surface area contributed by atoms with E-state index >= 15 is 0 Å². The maximum absolute atomic E-state index is 13.5. The standard InChI is InChI=1S/C13H10BrF2NO3S/c1-20-13-5-3-9(7-10(13)14)21(18,19)17-12-4-2-8(15)6-11(12)16/h2-7,17H,1H3. The van der Waals surface area contributed by atoms with Crippen LogP contribution in [0.25, 0.3) is 0 Å². The van der Waals surface area contributed by atoms with Gasteiger partial charge in [-0.05, 0) is 46.3 Å². The Labute approximate surface area is 128 Å². The summed E-state index contributed by atoms with van der Waals surface area (Å²) < 4.78 is 58.1. The Balaban J connectivity index is 2.36. The van der Waals surface area contributed by atoms with Crippen molar-refractivity contribution in [3.63, 3.8) is 0 Å². The van der Waals surface area contributed by atoms with Crippen molar-refractivity contribution >= 4 is 31.6 Å². The van der Waals surface area contributed by atoms with Crippen molar-refractivity contribution in [2.45, 2.75) is 4.90 Å². The fraction of sp³-hybridized carbons (Fsp3) is 0.0769. The number of anilines is 1. The molecule has 0 radical (unpaired) electrons. The SMILES string of the molecule is COc1ccc(S(=O)(=O)Nc2ccc(F)cc2F)cc1Br. The zero-order valence-electron chi connectivity index (χ0n) is 10.7. The van der Waals surface area contributed by atoms with Crippen LogP contribution in [0.4, 0.5) is 14.5 Å². The minimum atomic E-state index is -3.99. The highest BCUT2D eigenvalue weighted by Gasteiger charge is 2.18. The van der Waals surface area contributed by atoms with E-state index in [0.717, 1.165) is 12.1 Å². The Morgan fingerprint density at radius 1 is 1.14 bits per heavy atom. The van der Waals surface area contributed by atoms with Crippen LogP contribution >= 0.6 is 15.9 Å². The van der Waals surface area contributed by atoms with E-state index < -0.39 is 21.7 Å². The van der Waals surface area contributed by atoms with Gasteiger partial charge in [0.1, 0.15) is 17.4 Å². The van der Waals surface area contributed by atoms with Crippen LogP contribution in [-0.4, -0.2) is 15.5 Å². The second-order valence-electron chi connectivity index (χ2n) is 4.03. The minimum Gasteiger partial charge on any atom is -0.496 e.